The first-order chi connectivity index (χ1) is 12.0. The SMILES string of the molecule is CC(=O)NCCc1ccc(C(=O)COc2ccc([N+](=O)[O-])cc2)cc1. The van der Waals surface area contributed by atoms with Gasteiger partial charge in [-0.1, -0.05) is 24.3 Å². The molecule has 0 aliphatic heterocycles. The van der Waals surface area contributed by atoms with Crippen molar-refractivity contribution < 1.29 is 19.2 Å². The zero-order chi connectivity index (χ0) is 18.2. The standard InChI is InChI=1S/C18H18N2O5/c1-13(21)19-11-10-14-2-4-15(5-3-14)18(22)12-25-17-8-6-16(7-9-17)20(23)24/h2-9H,10-12H2,1H3,(H,19,21). The van der Waals surface area contributed by atoms with Crippen LogP contribution in [0, 0.1) is 10.1 Å². The molecule has 0 spiro atoms. The normalized spacial score (nSPS) is 10.1. The number of nitro groups is 1. The summed E-state index contributed by atoms with van der Waals surface area (Å²) in [6, 6.07) is 12.7. The summed E-state index contributed by atoms with van der Waals surface area (Å²) in [7, 11) is 0. The van der Waals surface area contributed by atoms with Crippen LogP contribution in [0.5, 0.6) is 5.75 Å². The number of ketones is 1. The highest BCUT2D eigenvalue weighted by Crippen LogP contribution is 2.17. The van der Waals surface area contributed by atoms with Crippen molar-refractivity contribution in [1.82, 2.24) is 5.32 Å². The van der Waals surface area contributed by atoms with E-state index in [0.29, 0.717) is 24.3 Å². The van der Waals surface area contributed by atoms with Crippen LogP contribution in [-0.4, -0.2) is 29.8 Å². The molecule has 0 atom stereocenters. The quantitative estimate of drug-likeness (QED) is 0.451. The van der Waals surface area contributed by atoms with E-state index < -0.39 is 4.92 Å². The Labute approximate surface area is 144 Å². The molecule has 0 aromatic heterocycles. The largest absolute Gasteiger partial charge is 0.485 e. The van der Waals surface area contributed by atoms with Crippen LogP contribution in [-0.2, 0) is 11.2 Å². The van der Waals surface area contributed by atoms with Gasteiger partial charge in [-0.25, -0.2) is 0 Å². The minimum Gasteiger partial charge on any atom is -0.485 e. The summed E-state index contributed by atoms with van der Waals surface area (Å²) in [6.45, 7) is 1.86. The molecule has 2 aromatic rings. The second-order valence-electron chi connectivity index (χ2n) is 5.39. The maximum atomic E-state index is 12.1. The maximum absolute atomic E-state index is 12.1. The van der Waals surface area contributed by atoms with E-state index in [0.717, 1.165) is 5.56 Å². The molecular formula is C18H18N2O5. The fourth-order valence-electron chi connectivity index (χ4n) is 2.14. The third-order valence-electron chi connectivity index (χ3n) is 3.48. The molecular weight excluding hydrogens is 324 g/mol. The second kappa shape index (κ2) is 8.58. The molecule has 0 saturated carbocycles. The number of ether oxygens (including phenoxy) is 1. The van der Waals surface area contributed by atoms with Crippen molar-refractivity contribution in [3.8, 4) is 5.75 Å². The van der Waals surface area contributed by atoms with Crippen LogP contribution >= 0.6 is 0 Å². The van der Waals surface area contributed by atoms with Crippen LogP contribution in [0.15, 0.2) is 48.5 Å². The summed E-state index contributed by atoms with van der Waals surface area (Å²) < 4.78 is 5.36. The number of hydrogen-bond donors (Lipinski definition) is 1. The van der Waals surface area contributed by atoms with Crippen molar-refractivity contribution in [3.63, 3.8) is 0 Å². The molecule has 2 rings (SSSR count). The maximum Gasteiger partial charge on any atom is 0.269 e. The van der Waals surface area contributed by atoms with Crippen LogP contribution < -0.4 is 10.1 Å². The van der Waals surface area contributed by atoms with E-state index in [1.807, 2.05) is 12.1 Å². The molecule has 0 saturated heterocycles. The van der Waals surface area contributed by atoms with E-state index in [-0.39, 0.29) is 24.0 Å². The lowest BCUT2D eigenvalue weighted by atomic mass is 10.1. The predicted molar refractivity (Wildman–Crippen MR) is 91.8 cm³/mol. The van der Waals surface area contributed by atoms with Gasteiger partial charge in [0.1, 0.15) is 5.75 Å². The van der Waals surface area contributed by atoms with Gasteiger partial charge in [0.15, 0.2) is 12.4 Å². The summed E-state index contributed by atoms with van der Waals surface area (Å²) in [5.74, 6) is 0.132. The number of hydrogen-bond acceptors (Lipinski definition) is 5. The molecule has 1 amide bonds. The highest BCUT2D eigenvalue weighted by atomic mass is 16.6. The number of nitrogens with one attached hydrogen (secondary N) is 1. The van der Waals surface area contributed by atoms with Gasteiger partial charge in [-0.05, 0) is 24.1 Å². The Morgan fingerprint density at radius 3 is 2.28 bits per heavy atom. The van der Waals surface area contributed by atoms with Gasteiger partial charge in [0.05, 0.1) is 4.92 Å². The highest BCUT2D eigenvalue weighted by molar-refractivity contribution is 5.97. The van der Waals surface area contributed by atoms with Gasteiger partial charge in [0.25, 0.3) is 5.69 Å². The van der Waals surface area contributed by atoms with E-state index in [2.05, 4.69) is 5.32 Å². The fourth-order valence-corrected chi connectivity index (χ4v) is 2.14. The number of Topliss-reactive ketones (excluding diaryl/α,β-unsaturated/α-hetero) is 1. The number of rotatable bonds is 8. The molecule has 1 N–H and O–H groups in total. The minimum absolute atomic E-state index is 0.0338. The Kier molecular flexibility index (Phi) is 6.22. The highest BCUT2D eigenvalue weighted by Gasteiger charge is 2.09. The number of nitrogens with zero attached hydrogens (tertiary/aromatic N) is 1. The molecule has 0 unspecified atom stereocenters. The monoisotopic (exact) mass is 342 g/mol. The third-order valence-corrected chi connectivity index (χ3v) is 3.48. The first-order valence-corrected chi connectivity index (χ1v) is 7.69. The average Bonchev–Trinajstić information content (AvgIpc) is 2.60. The lowest BCUT2D eigenvalue weighted by molar-refractivity contribution is -0.384. The van der Waals surface area contributed by atoms with Crippen molar-refractivity contribution in [3.05, 3.63) is 69.8 Å². The molecule has 0 radical (unpaired) electrons. The molecule has 7 heteroatoms. The van der Waals surface area contributed by atoms with Crippen molar-refractivity contribution >= 4 is 17.4 Å². The smallest absolute Gasteiger partial charge is 0.269 e. The van der Waals surface area contributed by atoms with Crippen LogP contribution in [0.3, 0.4) is 0 Å². The Balaban J connectivity index is 1.85. The zero-order valence-electron chi connectivity index (χ0n) is 13.7. The van der Waals surface area contributed by atoms with Crippen molar-refractivity contribution in [2.75, 3.05) is 13.2 Å². The number of amides is 1. The fraction of sp³-hybridized carbons (Fsp3) is 0.222. The summed E-state index contributed by atoms with van der Waals surface area (Å²) in [5, 5.41) is 13.3. The Bertz CT molecular complexity index is 754. The van der Waals surface area contributed by atoms with E-state index in [1.54, 1.807) is 12.1 Å². The average molecular weight is 342 g/mol. The number of nitro benzene ring substituents is 1. The van der Waals surface area contributed by atoms with Gasteiger partial charge >= 0.3 is 0 Å². The van der Waals surface area contributed by atoms with Crippen LogP contribution in [0.2, 0.25) is 0 Å². The van der Waals surface area contributed by atoms with Gasteiger partial charge < -0.3 is 10.1 Å². The van der Waals surface area contributed by atoms with E-state index >= 15 is 0 Å². The first-order valence-electron chi connectivity index (χ1n) is 7.69. The lowest BCUT2D eigenvalue weighted by Crippen LogP contribution is -2.22. The van der Waals surface area contributed by atoms with Crippen LogP contribution in [0.25, 0.3) is 0 Å². The van der Waals surface area contributed by atoms with Crippen molar-refractivity contribution in [2.45, 2.75) is 13.3 Å². The van der Waals surface area contributed by atoms with Gasteiger partial charge in [-0.2, -0.15) is 0 Å². The van der Waals surface area contributed by atoms with Gasteiger partial charge in [0.2, 0.25) is 5.91 Å². The van der Waals surface area contributed by atoms with E-state index in [1.165, 1.54) is 31.2 Å². The number of benzene rings is 2. The Hall–Kier alpha value is -3.22. The zero-order valence-corrected chi connectivity index (χ0v) is 13.7. The Morgan fingerprint density at radius 1 is 1.08 bits per heavy atom. The molecule has 0 fully saturated rings. The molecule has 0 aliphatic carbocycles. The van der Waals surface area contributed by atoms with Crippen LogP contribution in [0.1, 0.15) is 22.8 Å². The summed E-state index contributed by atoms with van der Waals surface area (Å²) in [4.78, 5) is 33.0. The molecule has 130 valence electrons. The topological polar surface area (TPSA) is 98.5 Å². The number of carbonyl (C=O) groups is 2. The minimum atomic E-state index is -0.498. The van der Waals surface area contributed by atoms with E-state index in [9.17, 15) is 19.7 Å². The molecule has 0 heterocycles. The van der Waals surface area contributed by atoms with Crippen LogP contribution in [0.4, 0.5) is 5.69 Å². The molecule has 0 bridgehead atoms. The van der Waals surface area contributed by atoms with Crippen molar-refractivity contribution in [2.24, 2.45) is 0 Å². The molecule has 0 aliphatic rings. The summed E-state index contributed by atoms with van der Waals surface area (Å²) in [6.07, 6.45) is 0.688. The van der Waals surface area contributed by atoms with E-state index in [4.69, 9.17) is 4.74 Å². The van der Waals surface area contributed by atoms with Crippen molar-refractivity contribution in [1.29, 1.82) is 0 Å². The number of carbonyl (C=O) groups excluding carboxylic acids is 2. The lowest BCUT2D eigenvalue weighted by Gasteiger charge is -2.07. The number of non-ortho nitro benzene ring substituents is 1. The third kappa shape index (κ3) is 5.72. The molecule has 25 heavy (non-hydrogen) atoms. The summed E-state index contributed by atoms with van der Waals surface area (Å²) in [5.41, 5.74) is 1.50. The molecule has 2 aromatic carbocycles. The predicted octanol–water partition coefficient (Wildman–Crippen LogP) is 2.54. The van der Waals surface area contributed by atoms with Gasteiger partial charge in [-0.15, -0.1) is 0 Å². The second-order valence-corrected chi connectivity index (χ2v) is 5.39. The summed E-state index contributed by atoms with van der Waals surface area (Å²) >= 11 is 0. The van der Waals surface area contributed by atoms with Gasteiger partial charge in [-0.3, -0.25) is 19.7 Å². The van der Waals surface area contributed by atoms with Gasteiger partial charge in [0, 0.05) is 31.2 Å². The first kappa shape index (κ1) is 18.1. The molecule has 7 nitrogen and oxygen atoms in total. The Morgan fingerprint density at radius 2 is 1.72 bits per heavy atom.